The van der Waals surface area contributed by atoms with Crippen molar-refractivity contribution in [3.63, 3.8) is 0 Å². The Bertz CT molecular complexity index is 646. The van der Waals surface area contributed by atoms with E-state index in [4.69, 9.17) is 33.7 Å². The molecule has 0 radical (unpaired) electrons. The van der Waals surface area contributed by atoms with Crippen molar-refractivity contribution in [2.24, 2.45) is 0 Å². The van der Waals surface area contributed by atoms with Crippen LogP contribution >= 0.6 is 23.2 Å². The van der Waals surface area contributed by atoms with Crippen molar-refractivity contribution in [2.45, 2.75) is 12.5 Å². The van der Waals surface area contributed by atoms with Gasteiger partial charge in [-0.3, -0.25) is 0 Å². The van der Waals surface area contributed by atoms with Crippen LogP contribution in [-0.2, 0) is 0 Å². The van der Waals surface area contributed by atoms with Crippen LogP contribution < -0.4 is 15.8 Å². The fourth-order valence-corrected chi connectivity index (χ4v) is 2.70. The Labute approximate surface area is 127 Å². The summed E-state index contributed by atoms with van der Waals surface area (Å²) in [5, 5.41) is 4.38. The standard InChI is InChI=1S/C15H14Cl2N2O/c16-10-7-12(18)14(8-11(10)17)19-13-5-6-20-15-4-2-1-3-9(13)15/h1-4,7-8,13,19H,5-6,18H2. The Morgan fingerprint density at radius 1 is 1.15 bits per heavy atom. The molecule has 1 heterocycles. The average molecular weight is 309 g/mol. The van der Waals surface area contributed by atoms with Crippen LogP contribution in [-0.4, -0.2) is 6.61 Å². The van der Waals surface area contributed by atoms with Gasteiger partial charge in [0.05, 0.1) is 34.1 Å². The maximum Gasteiger partial charge on any atom is 0.124 e. The summed E-state index contributed by atoms with van der Waals surface area (Å²) < 4.78 is 5.65. The van der Waals surface area contributed by atoms with Gasteiger partial charge in [-0.05, 0) is 18.2 Å². The molecular weight excluding hydrogens is 295 g/mol. The lowest BCUT2D eigenvalue weighted by molar-refractivity contribution is 0.274. The first kappa shape index (κ1) is 13.4. The number of ether oxygens (including phenoxy) is 1. The van der Waals surface area contributed by atoms with Gasteiger partial charge < -0.3 is 15.8 Å². The molecule has 3 nitrogen and oxygen atoms in total. The minimum atomic E-state index is 0.152. The highest BCUT2D eigenvalue weighted by molar-refractivity contribution is 6.42. The lowest BCUT2D eigenvalue weighted by atomic mass is 10.00. The number of benzene rings is 2. The van der Waals surface area contributed by atoms with E-state index in [0.717, 1.165) is 23.4 Å². The largest absolute Gasteiger partial charge is 0.493 e. The van der Waals surface area contributed by atoms with Gasteiger partial charge in [0.1, 0.15) is 5.75 Å². The highest BCUT2D eigenvalue weighted by atomic mass is 35.5. The third-order valence-electron chi connectivity index (χ3n) is 3.38. The predicted octanol–water partition coefficient (Wildman–Crippen LogP) is 4.51. The Morgan fingerprint density at radius 3 is 2.75 bits per heavy atom. The molecule has 0 fully saturated rings. The van der Waals surface area contributed by atoms with Crippen molar-refractivity contribution < 1.29 is 4.74 Å². The van der Waals surface area contributed by atoms with Crippen LogP contribution in [0.2, 0.25) is 10.0 Å². The zero-order chi connectivity index (χ0) is 14.1. The molecule has 1 aliphatic rings. The number of anilines is 2. The number of halogens is 2. The third-order valence-corrected chi connectivity index (χ3v) is 4.10. The van der Waals surface area contributed by atoms with E-state index < -0.39 is 0 Å². The van der Waals surface area contributed by atoms with Gasteiger partial charge in [0.25, 0.3) is 0 Å². The third kappa shape index (κ3) is 2.51. The van der Waals surface area contributed by atoms with E-state index in [1.807, 2.05) is 18.2 Å². The highest BCUT2D eigenvalue weighted by Gasteiger charge is 2.21. The molecule has 0 saturated heterocycles. The summed E-state index contributed by atoms with van der Waals surface area (Å²) in [6.07, 6.45) is 0.872. The quantitative estimate of drug-likeness (QED) is 0.802. The van der Waals surface area contributed by atoms with Gasteiger partial charge in [-0.15, -0.1) is 0 Å². The van der Waals surface area contributed by atoms with Crippen molar-refractivity contribution in [1.29, 1.82) is 0 Å². The van der Waals surface area contributed by atoms with Crippen molar-refractivity contribution in [2.75, 3.05) is 17.7 Å². The SMILES string of the molecule is Nc1cc(Cl)c(Cl)cc1NC1CCOc2ccccc21. The molecule has 2 aromatic rings. The Balaban J connectivity index is 1.91. The van der Waals surface area contributed by atoms with Crippen LogP contribution in [0.5, 0.6) is 5.75 Å². The lowest BCUT2D eigenvalue weighted by Crippen LogP contribution is -2.20. The second kappa shape index (κ2) is 5.43. The fourth-order valence-electron chi connectivity index (χ4n) is 2.37. The molecule has 3 rings (SSSR count). The van der Waals surface area contributed by atoms with Gasteiger partial charge >= 0.3 is 0 Å². The molecule has 5 heteroatoms. The number of nitrogens with two attached hydrogens (primary N) is 1. The van der Waals surface area contributed by atoms with Crippen LogP contribution in [0.4, 0.5) is 11.4 Å². The summed E-state index contributed by atoms with van der Waals surface area (Å²) in [5.74, 6) is 0.912. The number of hydrogen-bond donors (Lipinski definition) is 2. The second-order valence-corrected chi connectivity index (χ2v) is 5.54. The zero-order valence-corrected chi connectivity index (χ0v) is 12.2. The van der Waals surface area contributed by atoms with Gasteiger partial charge in [0, 0.05) is 12.0 Å². The van der Waals surface area contributed by atoms with E-state index in [9.17, 15) is 0 Å². The summed E-state index contributed by atoms with van der Waals surface area (Å²) in [6.45, 7) is 0.676. The van der Waals surface area contributed by atoms with E-state index in [0.29, 0.717) is 22.3 Å². The molecule has 0 aliphatic carbocycles. The highest BCUT2D eigenvalue weighted by Crippen LogP contribution is 2.37. The topological polar surface area (TPSA) is 47.3 Å². The predicted molar refractivity (Wildman–Crippen MR) is 83.8 cm³/mol. The van der Waals surface area contributed by atoms with Gasteiger partial charge in [-0.2, -0.15) is 0 Å². The minimum absolute atomic E-state index is 0.152. The first-order valence-corrected chi connectivity index (χ1v) is 7.13. The van der Waals surface area contributed by atoms with Crippen LogP contribution in [0.15, 0.2) is 36.4 Å². The number of fused-ring (bicyclic) bond motifs is 1. The van der Waals surface area contributed by atoms with Gasteiger partial charge in [0.2, 0.25) is 0 Å². The van der Waals surface area contributed by atoms with Crippen LogP contribution in [0.25, 0.3) is 0 Å². The van der Waals surface area contributed by atoms with Crippen molar-refractivity contribution in [3.05, 3.63) is 52.0 Å². The number of hydrogen-bond acceptors (Lipinski definition) is 3. The minimum Gasteiger partial charge on any atom is -0.493 e. The van der Waals surface area contributed by atoms with Gasteiger partial charge in [-0.25, -0.2) is 0 Å². The Kier molecular flexibility index (Phi) is 3.64. The van der Waals surface area contributed by atoms with Crippen molar-refractivity contribution in [3.8, 4) is 5.75 Å². The smallest absolute Gasteiger partial charge is 0.124 e. The van der Waals surface area contributed by atoms with E-state index in [-0.39, 0.29) is 6.04 Å². The van der Waals surface area contributed by atoms with E-state index in [1.165, 1.54) is 0 Å². The average Bonchev–Trinajstić information content (AvgIpc) is 2.45. The molecule has 0 saturated carbocycles. The molecule has 0 bridgehead atoms. The number of para-hydroxylation sites is 1. The molecule has 0 amide bonds. The second-order valence-electron chi connectivity index (χ2n) is 4.73. The molecule has 0 aromatic heterocycles. The summed E-state index contributed by atoms with van der Waals surface area (Å²) in [5.41, 5.74) is 8.50. The van der Waals surface area contributed by atoms with Crippen molar-refractivity contribution >= 4 is 34.6 Å². The van der Waals surface area contributed by atoms with Gasteiger partial charge in [-0.1, -0.05) is 41.4 Å². The van der Waals surface area contributed by atoms with Crippen molar-refractivity contribution in [1.82, 2.24) is 0 Å². The number of nitrogen functional groups attached to an aromatic ring is 1. The summed E-state index contributed by atoms with van der Waals surface area (Å²) >= 11 is 12.0. The fraction of sp³-hybridized carbons (Fsp3) is 0.200. The molecule has 20 heavy (non-hydrogen) atoms. The van der Waals surface area contributed by atoms with Crippen LogP contribution in [0.1, 0.15) is 18.0 Å². The monoisotopic (exact) mass is 308 g/mol. The number of nitrogens with one attached hydrogen (secondary N) is 1. The lowest BCUT2D eigenvalue weighted by Gasteiger charge is -2.28. The molecule has 1 aliphatic heterocycles. The molecule has 0 spiro atoms. The summed E-state index contributed by atoms with van der Waals surface area (Å²) in [4.78, 5) is 0. The van der Waals surface area contributed by atoms with E-state index in [1.54, 1.807) is 12.1 Å². The van der Waals surface area contributed by atoms with Crippen LogP contribution in [0, 0.1) is 0 Å². The maximum atomic E-state index is 6.05. The van der Waals surface area contributed by atoms with E-state index >= 15 is 0 Å². The van der Waals surface area contributed by atoms with Crippen LogP contribution in [0.3, 0.4) is 0 Å². The first-order valence-electron chi connectivity index (χ1n) is 6.38. The Hall–Kier alpha value is -1.58. The summed E-state index contributed by atoms with van der Waals surface area (Å²) in [6, 6.07) is 11.6. The molecule has 1 unspecified atom stereocenters. The molecule has 3 N–H and O–H groups in total. The van der Waals surface area contributed by atoms with E-state index in [2.05, 4.69) is 11.4 Å². The maximum absolute atomic E-state index is 6.05. The molecule has 2 aromatic carbocycles. The summed E-state index contributed by atoms with van der Waals surface area (Å²) in [7, 11) is 0. The zero-order valence-electron chi connectivity index (χ0n) is 10.7. The normalized spacial score (nSPS) is 17.2. The first-order chi connectivity index (χ1) is 9.65. The molecule has 104 valence electrons. The molecular formula is C15H14Cl2N2O. The number of rotatable bonds is 2. The molecule has 1 atom stereocenters. The Morgan fingerprint density at radius 2 is 1.90 bits per heavy atom. The van der Waals surface area contributed by atoms with Gasteiger partial charge in [0.15, 0.2) is 0 Å².